The summed E-state index contributed by atoms with van der Waals surface area (Å²) in [5.74, 6) is 4.91. The number of hydrogen-bond donors (Lipinski definition) is 0. The van der Waals surface area contributed by atoms with Crippen molar-refractivity contribution >= 4 is 44.8 Å². The summed E-state index contributed by atoms with van der Waals surface area (Å²) in [6.45, 7) is 3.81. The van der Waals surface area contributed by atoms with Gasteiger partial charge in [-0.25, -0.2) is 15.0 Å². The van der Waals surface area contributed by atoms with E-state index in [4.69, 9.17) is 15.0 Å². The van der Waals surface area contributed by atoms with Gasteiger partial charge < -0.3 is 4.57 Å². The lowest BCUT2D eigenvalue weighted by Gasteiger charge is -2.62. The number of fused-ring (bicyclic) bond motifs is 3. The van der Waals surface area contributed by atoms with Gasteiger partial charge in [0.2, 0.25) is 0 Å². The lowest BCUT2D eigenvalue weighted by molar-refractivity contribution is -0.0418. The van der Waals surface area contributed by atoms with Gasteiger partial charge in [-0.3, -0.25) is 0 Å². The Kier molecular flexibility index (Phi) is 8.74. The van der Waals surface area contributed by atoms with E-state index in [1.165, 1.54) is 59.7 Å². The highest BCUT2D eigenvalue weighted by molar-refractivity contribution is 7.71. The number of nitrogens with zero attached hydrogens (tertiary/aromatic N) is 3. The van der Waals surface area contributed by atoms with Crippen LogP contribution in [0.4, 0.5) is 0 Å². The molecular formula is C57H48N3OP. The van der Waals surface area contributed by atoms with Crippen LogP contribution in [-0.4, -0.2) is 28.3 Å². The average molecular weight is 822 g/mol. The Bertz CT molecular complexity index is 3160. The van der Waals surface area contributed by atoms with E-state index in [0.29, 0.717) is 29.3 Å². The second-order valence-corrected chi connectivity index (χ2v) is 21.9. The molecule has 4 fully saturated rings. The number of aromatic nitrogens is 3. The maximum absolute atomic E-state index is 13.9. The summed E-state index contributed by atoms with van der Waals surface area (Å²) in [4.78, 5) is 15.3. The third kappa shape index (κ3) is 6.02. The first-order valence-corrected chi connectivity index (χ1v) is 24.9. The fourth-order valence-electron chi connectivity index (χ4n) is 12.5. The number of rotatable bonds is 7. The minimum Gasteiger partial charge on any atom is -0.319 e. The largest absolute Gasteiger partial charge is 0.319 e. The van der Waals surface area contributed by atoms with Gasteiger partial charge in [0.15, 0.2) is 17.5 Å². The third-order valence-corrected chi connectivity index (χ3v) is 16.4. The van der Waals surface area contributed by atoms with E-state index in [9.17, 15) is 4.57 Å². The lowest BCUT2D eigenvalue weighted by atomic mass is 9.42. The molecule has 0 radical (unpaired) electrons. The molecule has 0 atom stereocenters. The fraction of sp³-hybridized carbons (Fsp3) is 0.211. The number of hydrogen-bond acceptors (Lipinski definition) is 4. The van der Waals surface area contributed by atoms with Crippen LogP contribution >= 0.6 is 7.14 Å². The normalized spacial score (nSPS) is 21.8. The van der Waals surface area contributed by atoms with Gasteiger partial charge >= 0.3 is 0 Å². The molecule has 0 saturated heterocycles. The lowest BCUT2D eigenvalue weighted by Crippen LogP contribution is -2.56. The van der Waals surface area contributed by atoms with Crippen molar-refractivity contribution in [2.75, 3.05) is 13.3 Å². The van der Waals surface area contributed by atoms with Gasteiger partial charge in [0, 0.05) is 27.4 Å². The monoisotopic (exact) mass is 821 g/mol. The Morgan fingerprint density at radius 2 is 0.871 bits per heavy atom. The van der Waals surface area contributed by atoms with Crippen molar-refractivity contribution in [3.63, 3.8) is 0 Å². The van der Waals surface area contributed by atoms with E-state index < -0.39 is 7.14 Å². The molecule has 4 aliphatic rings. The number of benzene rings is 8. The quantitative estimate of drug-likeness (QED) is 0.119. The maximum atomic E-state index is 13.9. The molecule has 4 bridgehead atoms. The second kappa shape index (κ2) is 14.4. The van der Waals surface area contributed by atoms with E-state index in [-0.39, 0.29) is 5.41 Å². The van der Waals surface area contributed by atoms with Crippen LogP contribution in [0.3, 0.4) is 0 Å². The Hall–Kier alpha value is -6.22. The molecule has 0 unspecified atom stereocenters. The van der Waals surface area contributed by atoms with Crippen LogP contribution in [0.5, 0.6) is 0 Å². The molecule has 5 heteroatoms. The van der Waals surface area contributed by atoms with E-state index >= 15 is 0 Å². The van der Waals surface area contributed by atoms with Gasteiger partial charge in [0.1, 0.15) is 7.14 Å². The second-order valence-electron chi connectivity index (χ2n) is 18.7. The van der Waals surface area contributed by atoms with Crippen molar-refractivity contribution in [3.05, 3.63) is 181 Å². The molecule has 0 amide bonds. The Morgan fingerprint density at radius 3 is 1.42 bits per heavy atom. The molecule has 4 saturated carbocycles. The summed E-state index contributed by atoms with van der Waals surface area (Å²) in [6, 6.07) is 61.3. The molecule has 0 N–H and O–H groups in total. The van der Waals surface area contributed by atoms with E-state index in [0.717, 1.165) is 60.8 Å². The summed E-state index contributed by atoms with van der Waals surface area (Å²) < 4.78 is 13.9. The van der Waals surface area contributed by atoms with Crippen LogP contribution < -0.4 is 5.30 Å². The highest BCUT2D eigenvalue weighted by Crippen LogP contribution is 2.65. The highest BCUT2D eigenvalue weighted by Gasteiger charge is 2.58. The van der Waals surface area contributed by atoms with Crippen LogP contribution in [-0.2, 0) is 9.98 Å². The highest BCUT2D eigenvalue weighted by atomic mass is 31.2. The molecule has 1 aromatic heterocycles. The van der Waals surface area contributed by atoms with E-state index in [1.54, 1.807) is 0 Å². The van der Waals surface area contributed by atoms with Gasteiger partial charge in [0.05, 0.1) is 0 Å². The first-order valence-electron chi connectivity index (χ1n) is 22.3. The molecule has 9 aromatic rings. The standard InChI is InChI=1S/C57H48N3OP/c1-62(2,61)53-50-18-10-8-16-48(50)52(49-17-9-11-19-51(49)53)39-22-26-44(27-23-39)57(46-31-36-30-37(33-46)34-47(57)32-36)45-28-24-41(25-29-45)55-58-54(40-13-4-3-5-14-40)59-56(60-55)43-21-20-38-12-6-7-15-42(38)35-43/h3-29,35-37,46-47H,30-34H2,1-2H3. The van der Waals surface area contributed by atoms with Crippen LogP contribution in [0.25, 0.3) is 77.6 Å². The average Bonchev–Trinajstić information content (AvgIpc) is 3.30. The van der Waals surface area contributed by atoms with E-state index in [1.807, 2.05) is 31.5 Å². The van der Waals surface area contributed by atoms with Crippen molar-refractivity contribution in [3.8, 4) is 45.3 Å². The Labute approximate surface area is 363 Å². The summed E-state index contributed by atoms with van der Waals surface area (Å²) in [6.07, 6.45) is 6.59. The van der Waals surface area contributed by atoms with Gasteiger partial charge in [0.25, 0.3) is 0 Å². The predicted molar refractivity (Wildman–Crippen MR) is 257 cm³/mol. The smallest absolute Gasteiger partial charge is 0.164 e. The zero-order chi connectivity index (χ0) is 41.6. The van der Waals surface area contributed by atoms with Crippen molar-refractivity contribution in [1.29, 1.82) is 0 Å². The van der Waals surface area contributed by atoms with Crippen LogP contribution in [0.1, 0.15) is 43.2 Å². The summed E-state index contributed by atoms with van der Waals surface area (Å²) in [5, 5.41) is 7.85. The molecule has 8 aromatic carbocycles. The van der Waals surface area contributed by atoms with Crippen molar-refractivity contribution < 1.29 is 4.57 Å². The van der Waals surface area contributed by atoms with Gasteiger partial charge in [-0.1, -0.05) is 164 Å². The zero-order valence-corrected chi connectivity index (χ0v) is 36.1. The molecule has 302 valence electrons. The zero-order valence-electron chi connectivity index (χ0n) is 35.2. The SMILES string of the molecule is CP(C)(=O)c1c2ccccc2c(-c2ccc(C3(c4ccc(-c5nc(-c6ccccc6)nc(-c6ccc7ccccc7c6)n5)cc4)C4CC5CC(C4)CC3C5)cc2)c2ccccc12. The molecule has 4 nitrogen and oxygen atoms in total. The molecule has 0 spiro atoms. The molecule has 4 aliphatic carbocycles. The summed E-state index contributed by atoms with van der Waals surface area (Å²) in [7, 11) is -2.58. The molecule has 62 heavy (non-hydrogen) atoms. The summed E-state index contributed by atoms with van der Waals surface area (Å²) >= 11 is 0. The third-order valence-electron chi connectivity index (χ3n) is 14.8. The van der Waals surface area contributed by atoms with Gasteiger partial charge in [-0.05, 0) is 130 Å². The van der Waals surface area contributed by atoms with Crippen molar-refractivity contribution in [2.45, 2.75) is 37.5 Å². The maximum Gasteiger partial charge on any atom is 0.164 e. The fourth-order valence-corrected chi connectivity index (χ4v) is 14.1. The Morgan fingerprint density at radius 1 is 0.435 bits per heavy atom. The molecule has 1 heterocycles. The molecular weight excluding hydrogens is 774 g/mol. The van der Waals surface area contributed by atoms with Crippen LogP contribution in [0, 0.1) is 23.7 Å². The van der Waals surface area contributed by atoms with Crippen LogP contribution in [0.2, 0.25) is 0 Å². The topological polar surface area (TPSA) is 55.7 Å². The van der Waals surface area contributed by atoms with Crippen LogP contribution in [0.15, 0.2) is 170 Å². The molecule has 13 rings (SSSR count). The summed E-state index contributed by atoms with van der Waals surface area (Å²) in [5.41, 5.74) is 8.15. The first-order chi connectivity index (χ1) is 30.3. The predicted octanol–water partition coefficient (Wildman–Crippen LogP) is 14.0. The minimum atomic E-state index is -2.58. The van der Waals surface area contributed by atoms with Crippen molar-refractivity contribution in [2.24, 2.45) is 23.7 Å². The molecule has 0 aliphatic heterocycles. The van der Waals surface area contributed by atoms with Crippen molar-refractivity contribution in [1.82, 2.24) is 15.0 Å². The first kappa shape index (κ1) is 37.5. The minimum absolute atomic E-state index is 0.0694. The van der Waals surface area contributed by atoms with Gasteiger partial charge in [-0.2, -0.15) is 0 Å². The van der Waals surface area contributed by atoms with E-state index in [2.05, 4.69) is 152 Å². The van der Waals surface area contributed by atoms with Gasteiger partial charge in [-0.15, -0.1) is 0 Å². The Balaban J connectivity index is 0.979.